The third kappa shape index (κ3) is 22.6. The van der Waals surface area contributed by atoms with Gasteiger partial charge in [-0.1, -0.05) is 43.3 Å². The van der Waals surface area contributed by atoms with Gasteiger partial charge in [0.1, 0.15) is 40.8 Å². The van der Waals surface area contributed by atoms with Crippen LogP contribution in [-0.4, -0.2) is 128 Å². The summed E-state index contributed by atoms with van der Waals surface area (Å²) in [6.07, 6.45) is 0.346. The first kappa shape index (κ1) is 60.0. The number of nitrogens with one attached hydrogen (secondary N) is 8. The van der Waals surface area contributed by atoms with E-state index in [2.05, 4.69) is 47.5 Å². The highest BCUT2D eigenvalue weighted by Crippen LogP contribution is 2.33. The fourth-order valence-corrected chi connectivity index (χ4v) is 7.39. The number of guanidine groups is 1. The van der Waals surface area contributed by atoms with E-state index in [0.29, 0.717) is 55.9 Å². The van der Waals surface area contributed by atoms with Crippen LogP contribution >= 0.6 is 0 Å². The molecule has 0 radical (unpaired) electrons. The Morgan fingerprint density at radius 3 is 1.97 bits per heavy atom. The normalized spacial score (nSPS) is 13.1. The SMILES string of the molecule is CCC(=O)NCCNC(=O)NC(N)=NCCC[C@@H](NC(=O)[C@H](c1ccc(OCCCNC(=O)CCC(=O)NCCOCCNC(=O)OC(C)(C)C)cc1)N1Cc2ccccc2C1)C(=O)NCc1c(F)cc(O)cc1F. The van der Waals surface area contributed by atoms with E-state index in [9.17, 15) is 47.4 Å². The molecule has 0 fully saturated rings. The molecule has 0 spiro atoms. The lowest BCUT2D eigenvalue weighted by atomic mass is 10.0. The number of hydrogen-bond donors (Lipinski definition) is 10. The molecule has 24 heteroatoms. The third-order valence-electron chi connectivity index (χ3n) is 11.1. The molecule has 3 aromatic rings. The van der Waals surface area contributed by atoms with Gasteiger partial charge in [-0.3, -0.25) is 39.2 Å². The molecule has 4 rings (SSSR count). The van der Waals surface area contributed by atoms with Gasteiger partial charge >= 0.3 is 12.1 Å². The lowest BCUT2D eigenvalue weighted by Gasteiger charge is -2.29. The van der Waals surface area contributed by atoms with Gasteiger partial charge in [0.25, 0.3) is 0 Å². The van der Waals surface area contributed by atoms with E-state index >= 15 is 0 Å². The van der Waals surface area contributed by atoms with Crippen molar-refractivity contribution in [2.24, 2.45) is 10.7 Å². The predicted molar refractivity (Wildman–Crippen MR) is 273 cm³/mol. The average Bonchev–Trinajstić information content (AvgIpc) is 3.78. The van der Waals surface area contributed by atoms with Gasteiger partial charge in [0, 0.05) is 95.9 Å². The lowest BCUT2D eigenvalue weighted by molar-refractivity contribution is -0.132. The van der Waals surface area contributed by atoms with Gasteiger partial charge in [-0.2, -0.15) is 0 Å². The van der Waals surface area contributed by atoms with E-state index in [-0.39, 0.29) is 102 Å². The largest absolute Gasteiger partial charge is 0.508 e. The second-order valence-electron chi connectivity index (χ2n) is 18.2. The number of urea groups is 1. The maximum absolute atomic E-state index is 14.7. The number of hydrogen-bond acceptors (Lipinski definition) is 13. The lowest BCUT2D eigenvalue weighted by Crippen LogP contribution is -2.50. The number of phenols is 1. The Labute approximate surface area is 435 Å². The molecule has 11 N–H and O–H groups in total. The molecule has 410 valence electrons. The van der Waals surface area contributed by atoms with Crippen LogP contribution in [0.1, 0.15) is 94.5 Å². The maximum Gasteiger partial charge on any atom is 0.407 e. The first-order valence-electron chi connectivity index (χ1n) is 24.8. The van der Waals surface area contributed by atoms with Crippen molar-refractivity contribution in [2.45, 2.75) is 104 Å². The average molecular weight is 1050 g/mol. The van der Waals surface area contributed by atoms with Crippen LogP contribution in [-0.2, 0) is 53.1 Å². The Morgan fingerprint density at radius 2 is 1.35 bits per heavy atom. The Bertz CT molecular complexity index is 2370. The van der Waals surface area contributed by atoms with Crippen LogP contribution in [0.15, 0.2) is 65.7 Å². The molecular weight excluding hydrogens is 981 g/mol. The van der Waals surface area contributed by atoms with Crippen LogP contribution in [0.25, 0.3) is 0 Å². The summed E-state index contributed by atoms with van der Waals surface area (Å²) < 4.78 is 45.8. The van der Waals surface area contributed by atoms with E-state index in [1.54, 1.807) is 52.0 Å². The van der Waals surface area contributed by atoms with Crippen molar-refractivity contribution in [3.8, 4) is 11.5 Å². The van der Waals surface area contributed by atoms with Crippen molar-refractivity contribution in [2.75, 3.05) is 59.1 Å². The van der Waals surface area contributed by atoms with Gasteiger partial charge in [0.2, 0.25) is 29.5 Å². The van der Waals surface area contributed by atoms with Crippen LogP contribution in [0.5, 0.6) is 11.5 Å². The van der Waals surface area contributed by atoms with E-state index in [0.717, 1.165) is 11.1 Å². The fraction of sp³-hybridized carbons (Fsp3) is 0.490. The summed E-state index contributed by atoms with van der Waals surface area (Å²) >= 11 is 0. The van der Waals surface area contributed by atoms with Crippen LogP contribution in [0, 0.1) is 11.6 Å². The predicted octanol–water partition coefficient (Wildman–Crippen LogP) is 2.77. The number of carbonyl (C=O) groups is 7. The highest BCUT2D eigenvalue weighted by molar-refractivity contribution is 5.95. The van der Waals surface area contributed by atoms with Gasteiger partial charge in [0.05, 0.1) is 19.8 Å². The van der Waals surface area contributed by atoms with E-state index < -0.39 is 71.1 Å². The molecule has 2 atom stereocenters. The number of carbonyl (C=O) groups excluding carboxylic acids is 7. The Hall–Kier alpha value is -7.60. The molecule has 0 aromatic heterocycles. The zero-order valence-corrected chi connectivity index (χ0v) is 42.9. The number of phenolic OH excluding ortho intramolecular Hbond substituents is 1. The number of amides is 8. The first-order chi connectivity index (χ1) is 35.8. The van der Waals surface area contributed by atoms with Crippen molar-refractivity contribution in [1.29, 1.82) is 0 Å². The molecule has 22 nitrogen and oxygen atoms in total. The monoisotopic (exact) mass is 1050 g/mol. The second kappa shape index (κ2) is 31.2. The number of benzene rings is 3. The number of aromatic hydroxyl groups is 1. The summed E-state index contributed by atoms with van der Waals surface area (Å²) in [5.41, 5.74) is 7.41. The first-order valence-corrected chi connectivity index (χ1v) is 24.8. The standard InChI is InChI=1S/C51H71F2N11O11/c1-5-42(66)56-21-22-59-49(71)63-48(54)58-19-8-12-41(46(69)61-30-38-39(52)28-36(65)29-40(38)53)62-47(70)45(64-31-34-10-6-7-11-35(34)32-64)33-13-15-37(16-14-33)74-25-9-20-55-43(67)17-18-44(68)57-23-26-73-27-24-60-50(72)75-51(2,3)4/h6-7,10-11,13-16,28-29,41,45,65H,5,8-9,12,17-27,30-32H2,1-4H3,(H,55,67)(H,56,66)(H,57,68)(H,60,72)(H,61,69)(H,62,70)(H4,54,58,59,63,71)/t41-,45+/m1/s1. The minimum Gasteiger partial charge on any atom is -0.508 e. The third-order valence-corrected chi connectivity index (χ3v) is 11.1. The second-order valence-corrected chi connectivity index (χ2v) is 18.2. The Morgan fingerprint density at radius 1 is 0.747 bits per heavy atom. The molecule has 1 aliphatic heterocycles. The van der Waals surface area contributed by atoms with Gasteiger partial charge in [-0.05, 0) is 68.9 Å². The smallest absolute Gasteiger partial charge is 0.407 e. The van der Waals surface area contributed by atoms with Gasteiger partial charge < -0.3 is 62.3 Å². The summed E-state index contributed by atoms with van der Waals surface area (Å²) in [6.45, 7) is 9.07. The summed E-state index contributed by atoms with van der Waals surface area (Å²) in [6, 6.07) is 13.2. The number of nitrogens with zero attached hydrogens (tertiary/aromatic N) is 2. The molecule has 8 amide bonds. The molecule has 75 heavy (non-hydrogen) atoms. The summed E-state index contributed by atoms with van der Waals surface area (Å²) in [5, 5.41) is 30.5. The zero-order valence-electron chi connectivity index (χ0n) is 42.9. The van der Waals surface area contributed by atoms with Crippen LogP contribution in [0.2, 0.25) is 0 Å². The minimum atomic E-state index is -1.24. The molecule has 0 aliphatic carbocycles. The highest BCUT2D eigenvalue weighted by atomic mass is 19.1. The van der Waals surface area contributed by atoms with Crippen molar-refractivity contribution in [3.63, 3.8) is 0 Å². The molecule has 1 aliphatic rings. The van der Waals surface area contributed by atoms with Crippen LogP contribution in [0.3, 0.4) is 0 Å². The maximum atomic E-state index is 14.7. The van der Waals surface area contributed by atoms with Crippen LogP contribution < -0.4 is 53.0 Å². The molecule has 0 bridgehead atoms. The summed E-state index contributed by atoms with van der Waals surface area (Å²) in [7, 11) is 0. The van der Waals surface area contributed by atoms with E-state index in [1.165, 1.54) is 0 Å². The van der Waals surface area contributed by atoms with Gasteiger partial charge in [0.15, 0.2) is 5.96 Å². The fourth-order valence-electron chi connectivity index (χ4n) is 7.39. The number of nitrogens with two attached hydrogens (primary N) is 1. The number of alkyl carbamates (subject to hydrolysis) is 1. The summed E-state index contributed by atoms with van der Waals surface area (Å²) in [5.74, 6) is -4.59. The Kier molecular flexibility index (Phi) is 24.9. The molecule has 0 saturated carbocycles. The van der Waals surface area contributed by atoms with E-state index in [4.69, 9.17) is 19.9 Å². The molecular formula is C51H71F2N11O11. The van der Waals surface area contributed by atoms with Crippen molar-refractivity contribution in [3.05, 3.63) is 94.6 Å². The molecule has 3 aromatic carbocycles. The minimum absolute atomic E-state index is 0.00908. The number of halogens is 2. The number of ether oxygens (including phenoxy) is 3. The zero-order chi connectivity index (χ0) is 54.8. The number of fused-ring (bicyclic) bond motifs is 1. The van der Waals surface area contributed by atoms with Crippen molar-refractivity contribution < 1.29 is 61.7 Å². The quantitative estimate of drug-likeness (QED) is 0.0272. The van der Waals surface area contributed by atoms with Gasteiger partial charge in [-0.15, -0.1) is 0 Å². The van der Waals surface area contributed by atoms with Crippen molar-refractivity contribution in [1.82, 2.24) is 47.4 Å². The topological polar surface area (TPSA) is 305 Å². The molecule has 0 unspecified atom stereocenters. The highest BCUT2D eigenvalue weighted by Gasteiger charge is 2.34. The molecule has 0 saturated heterocycles. The summed E-state index contributed by atoms with van der Waals surface area (Å²) in [4.78, 5) is 94.3. The van der Waals surface area contributed by atoms with Gasteiger partial charge in [-0.25, -0.2) is 18.4 Å². The number of aliphatic imine (C=N–C) groups is 1. The van der Waals surface area contributed by atoms with Crippen LogP contribution in [0.4, 0.5) is 18.4 Å². The Balaban J connectivity index is 1.31. The molecule has 1 heterocycles. The van der Waals surface area contributed by atoms with Crippen molar-refractivity contribution >= 4 is 47.6 Å². The van der Waals surface area contributed by atoms with E-state index in [1.807, 2.05) is 29.2 Å². The number of rotatable bonds is 29.